The van der Waals surface area contributed by atoms with Crippen LogP contribution in [0.15, 0.2) is 28.8 Å². The maximum atomic E-state index is 12.0. The third-order valence-electron chi connectivity index (χ3n) is 4.50. The SMILES string of the molecule is CC1Cc2ccc(-c3cc(CNC(=O)C4CCC(=O)N4)no3)cc2O1. The van der Waals surface area contributed by atoms with Crippen molar-refractivity contribution in [2.75, 3.05) is 0 Å². The van der Waals surface area contributed by atoms with E-state index in [2.05, 4.69) is 15.8 Å². The Morgan fingerprint density at radius 2 is 2.28 bits per heavy atom. The molecule has 7 heteroatoms. The Hall–Kier alpha value is -2.83. The lowest BCUT2D eigenvalue weighted by atomic mass is 10.1. The van der Waals surface area contributed by atoms with Gasteiger partial charge in [-0.3, -0.25) is 9.59 Å². The summed E-state index contributed by atoms with van der Waals surface area (Å²) in [5.41, 5.74) is 2.71. The van der Waals surface area contributed by atoms with Crippen LogP contribution in [-0.4, -0.2) is 29.1 Å². The van der Waals surface area contributed by atoms with Crippen molar-refractivity contribution in [2.24, 2.45) is 0 Å². The highest BCUT2D eigenvalue weighted by molar-refractivity contribution is 5.90. The summed E-state index contributed by atoms with van der Waals surface area (Å²) in [6.45, 7) is 2.30. The number of benzene rings is 1. The highest BCUT2D eigenvalue weighted by Gasteiger charge is 2.27. The van der Waals surface area contributed by atoms with E-state index < -0.39 is 6.04 Å². The molecule has 2 aliphatic heterocycles. The Bertz CT molecular complexity index is 829. The van der Waals surface area contributed by atoms with E-state index in [1.165, 1.54) is 5.56 Å². The molecule has 1 saturated heterocycles. The molecule has 7 nitrogen and oxygen atoms in total. The van der Waals surface area contributed by atoms with Gasteiger partial charge in [0.1, 0.15) is 23.6 Å². The summed E-state index contributed by atoms with van der Waals surface area (Å²) in [4.78, 5) is 23.2. The van der Waals surface area contributed by atoms with E-state index in [1.807, 2.05) is 25.1 Å². The van der Waals surface area contributed by atoms with Gasteiger partial charge in [0.25, 0.3) is 0 Å². The van der Waals surface area contributed by atoms with Crippen molar-refractivity contribution in [1.29, 1.82) is 0 Å². The van der Waals surface area contributed by atoms with Crippen molar-refractivity contribution in [3.05, 3.63) is 35.5 Å². The molecule has 0 radical (unpaired) electrons. The first-order valence-corrected chi connectivity index (χ1v) is 8.41. The largest absolute Gasteiger partial charge is 0.490 e. The molecule has 1 fully saturated rings. The van der Waals surface area contributed by atoms with Gasteiger partial charge in [0.15, 0.2) is 5.76 Å². The van der Waals surface area contributed by atoms with Gasteiger partial charge in [0, 0.05) is 24.5 Å². The average Bonchev–Trinajstić information content (AvgIpc) is 3.30. The number of hydrogen-bond acceptors (Lipinski definition) is 5. The van der Waals surface area contributed by atoms with Gasteiger partial charge in [-0.05, 0) is 25.0 Å². The van der Waals surface area contributed by atoms with Gasteiger partial charge in [-0.2, -0.15) is 0 Å². The molecule has 1 aromatic heterocycles. The maximum absolute atomic E-state index is 12.0. The van der Waals surface area contributed by atoms with Crippen molar-refractivity contribution < 1.29 is 18.8 Å². The lowest BCUT2D eigenvalue weighted by molar-refractivity contribution is -0.125. The summed E-state index contributed by atoms with van der Waals surface area (Å²) in [6.07, 6.45) is 2.04. The van der Waals surface area contributed by atoms with Gasteiger partial charge in [-0.25, -0.2) is 0 Å². The zero-order valence-corrected chi connectivity index (χ0v) is 13.9. The molecule has 2 aromatic rings. The Balaban J connectivity index is 1.40. The summed E-state index contributed by atoms with van der Waals surface area (Å²) >= 11 is 0. The standard InChI is InChI=1S/C18H19N3O4/c1-10-6-11-2-3-12(7-15(11)24-10)16-8-13(21-25-16)9-19-18(23)14-4-5-17(22)20-14/h2-3,7-8,10,14H,4-6,9H2,1H3,(H,19,23)(H,20,22). The minimum absolute atomic E-state index is 0.0861. The minimum Gasteiger partial charge on any atom is -0.490 e. The van der Waals surface area contributed by atoms with Gasteiger partial charge in [-0.1, -0.05) is 17.3 Å². The van der Waals surface area contributed by atoms with E-state index in [4.69, 9.17) is 9.26 Å². The zero-order valence-electron chi connectivity index (χ0n) is 13.9. The van der Waals surface area contributed by atoms with Crippen LogP contribution in [0.4, 0.5) is 0 Å². The average molecular weight is 341 g/mol. The topological polar surface area (TPSA) is 93.5 Å². The number of amides is 2. The van der Waals surface area contributed by atoms with Crippen LogP contribution >= 0.6 is 0 Å². The molecule has 2 atom stereocenters. The number of rotatable bonds is 4. The van der Waals surface area contributed by atoms with E-state index in [-0.39, 0.29) is 24.5 Å². The Kier molecular flexibility index (Phi) is 3.91. The quantitative estimate of drug-likeness (QED) is 0.880. The van der Waals surface area contributed by atoms with E-state index in [0.29, 0.717) is 24.3 Å². The molecule has 0 aliphatic carbocycles. The molecule has 2 unspecified atom stereocenters. The van der Waals surface area contributed by atoms with Crippen molar-refractivity contribution in [1.82, 2.24) is 15.8 Å². The van der Waals surface area contributed by atoms with Crippen LogP contribution in [0.3, 0.4) is 0 Å². The molecule has 25 heavy (non-hydrogen) atoms. The molecule has 0 bridgehead atoms. The predicted molar refractivity (Wildman–Crippen MR) is 88.7 cm³/mol. The van der Waals surface area contributed by atoms with Crippen LogP contribution in [0.2, 0.25) is 0 Å². The second kappa shape index (κ2) is 6.23. The lowest BCUT2D eigenvalue weighted by Gasteiger charge is -2.09. The van der Waals surface area contributed by atoms with Gasteiger partial charge in [-0.15, -0.1) is 0 Å². The first-order chi connectivity index (χ1) is 12.1. The fraction of sp³-hybridized carbons (Fsp3) is 0.389. The highest BCUT2D eigenvalue weighted by Crippen LogP contribution is 2.33. The molecule has 2 amide bonds. The second-order valence-corrected chi connectivity index (χ2v) is 6.51. The Labute approximate surface area is 144 Å². The molecular weight excluding hydrogens is 322 g/mol. The van der Waals surface area contributed by atoms with E-state index in [9.17, 15) is 9.59 Å². The van der Waals surface area contributed by atoms with Crippen molar-refractivity contribution in [2.45, 2.75) is 44.9 Å². The molecule has 0 spiro atoms. The maximum Gasteiger partial charge on any atom is 0.242 e. The van der Waals surface area contributed by atoms with E-state index >= 15 is 0 Å². The van der Waals surface area contributed by atoms with Crippen LogP contribution < -0.4 is 15.4 Å². The number of nitrogens with zero attached hydrogens (tertiary/aromatic N) is 1. The predicted octanol–water partition coefficient (Wildman–Crippen LogP) is 1.56. The van der Waals surface area contributed by atoms with Crippen LogP contribution in [0.25, 0.3) is 11.3 Å². The molecule has 2 aliphatic rings. The molecule has 0 saturated carbocycles. The summed E-state index contributed by atoms with van der Waals surface area (Å²) in [7, 11) is 0. The van der Waals surface area contributed by atoms with Crippen LogP contribution in [0, 0.1) is 0 Å². The Morgan fingerprint density at radius 1 is 1.40 bits per heavy atom. The van der Waals surface area contributed by atoms with Crippen LogP contribution in [-0.2, 0) is 22.6 Å². The first kappa shape index (κ1) is 15.7. The van der Waals surface area contributed by atoms with Gasteiger partial charge in [0.05, 0.1) is 6.54 Å². The number of ether oxygens (including phenoxy) is 1. The first-order valence-electron chi connectivity index (χ1n) is 8.41. The smallest absolute Gasteiger partial charge is 0.242 e. The van der Waals surface area contributed by atoms with Crippen LogP contribution in [0.5, 0.6) is 5.75 Å². The van der Waals surface area contributed by atoms with Crippen molar-refractivity contribution in [3.63, 3.8) is 0 Å². The second-order valence-electron chi connectivity index (χ2n) is 6.51. The molecule has 1 aromatic carbocycles. The summed E-state index contributed by atoms with van der Waals surface area (Å²) < 4.78 is 11.2. The normalized spacial score (nSPS) is 21.6. The van der Waals surface area contributed by atoms with Crippen molar-refractivity contribution in [3.8, 4) is 17.1 Å². The summed E-state index contributed by atoms with van der Waals surface area (Å²) in [5, 5.41) is 9.41. The number of nitrogens with one attached hydrogen (secondary N) is 2. The zero-order chi connectivity index (χ0) is 17.4. The molecule has 3 heterocycles. The number of hydrogen-bond donors (Lipinski definition) is 2. The monoisotopic (exact) mass is 341 g/mol. The molecule has 2 N–H and O–H groups in total. The van der Waals surface area contributed by atoms with E-state index in [0.717, 1.165) is 17.7 Å². The van der Waals surface area contributed by atoms with Gasteiger partial charge in [0.2, 0.25) is 11.8 Å². The van der Waals surface area contributed by atoms with Gasteiger partial charge >= 0.3 is 0 Å². The number of aromatic nitrogens is 1. The number of carbonyl (C=O) groups is 2. The summed E-state index contributed by atoms with van der Waals surface area (Å²) in [5.74, 6) is 1.23. The van der Waals surface area contributed by atoms with Gasteiger partial charge < -0.3 is 19.9 Å². The summed E-state index contributed by atoms with van der Waals surface area (Å²) in [6, 6.07) is 7.33. The third-order valence-corrected chi connectivity index (χ3v) is 4.50. The minimum atomic E-state index is -0.449. The van der Waals surface area contributed by atoms with Crippen molar-refractivity contribution >= 4 is 11.8 Å². The Morgan fingerprint density at radius 3 is 3.08 bits per heavy atom. The fourth-order valence-corrected chi connectivity index (χ4v) is 3.20. The van der Waals surface area contributed by atoms with E-state index in [1.54, 1.807) is 6.07 Å². The third kappa shape index (κ3) is 3.22. The molecular formula is C18H19N3O4. The lowest BCUT2D eigenvalue weighted by Crippen LogP contribution is -2.41. The number of fused-ring (bicyclic) bond motifs is 1. The number of carbonyl (C=O) groups excluding carboxylic acids is 2. The molecule has 130 valence electrons. The fourth-order valence-electron chi connectivity index (χ4n) is 3.20. The van der Waals surface area contributed by atoms with Crippen LogP contribution in [0.1, 0.15) is 31.0 Å². The highest BCUT2D eigenvalue weighted by atomic mass is 16.5. The molecule has 4 rings (SSSR count).